The third-order valence-electron chi connectivity index (χ3n) is 3.95. The summed E-state index contributed by atoms with van der Waals surface area (Å²) >= 11 is 0. The molecule has 7 heteroatoms. The molecule has 0 heterocycles. The second-order valence-corrected chi connectivity index (χ2v) is 7.83. The molecule has 1 amide bonds. The van der Waals surface area contributed by atoms with Crippen LogP contribution in [-0.4, -0.2) is 20.1 Å². The van der Waals surface area contributed by atoms with Gasteiger partial charge in [0.05, 0.1) is 10.6 Å². The molecule has 142 valence electrons. The van der Waals surface area contributed by atoms with Gasteiger partial charge in [-0.1, -0.05) is 54.1 Å². The molecule has 3 rings (SSSR count). The highest BCUT2D eigenvalue weighted by Gasteiger charge is 2.17. The lowest BCUT2D eigenvalue weighted by Crippen LogP contribution is -2.23. The van der Waals surface area contributed by atoms with E-state index in [1.165, 1.54) is 18.2 Å². The summed E-state index contributed by atoms with van der Waals surface area (Å²) in [5, 5.41) is 2.50. The fourth-order valence-corrected chi connectivity index (χ4v) is 3.57. The highest BCUT2D eigenvalue weighted by molar-refractivity contribution is 7.92. The molecule has 0 unspecified atom stereocenters. The summed E-state index contributed by atoms with van der Waals surface area (Å²) in [6.45, 7) is 1.89. The van der Waals surface area contributed by atoms with E-state index >= 15 is 0 Å². The van der Waals surface area contributed by atoms with Crippen molar-refractivity contribution < 1.29 is 18.0 Å². The van der Waals surface area contributed by atoms with Crippen LogP contribution in [0.2, 0.25) is 0 Å². The van der Waals surface area contributed by atoms with Crippen LogP contribution in [0.5, 0.6) is 0 Å². The van der Waals surface area contributed by atoms with Gasteiger partial charge >= 0.3 is 0 Å². The SMILES string of the molecule is Cc1ccc(C(=O)C(=O)Nc2cccc(NS(=O)(=O)c3ccccc3)c2)cc1. The van der Waals surface area contributed by atoms with Crippen LogP contribution < -0.4 is 10.0 Å². The van der Waals surface area contributed by atoms with Gasteiger partial charge in [-0.05, 0) is 37.3 Å². The van der Waals surface area contributed by atoms with E-state index in [2.05, 4.69) is 10.0 Å². The standard InChI is InChI=1S/C21H18N2O4S/c1-15-10-12-16(13-11-15)20(24)21(25)22-17-6-5-7-18(14-17)23-28(26,27)19-8-3-2-4-9-19/h2-14,23H,1H3,(H,22,25). The number of benzene rings is 3. The number of ketones is 1. The molecule has 0 aromatic heterocycles. The van der Waals surface area contributed by atoms with Gasteiger partial charge in [0.2, 0.25) is 0 Å². The maximum Gasteiger partial charge on any atom is 0.296 e. The molecule has 28 heavy (non-hydrogen) atoms. The molecule has 0 aliphatic heterocycles. The lowest BCUT2D eigenvalue weighted by atomic mass is 10.1. The Morgan fingerprint density at radius 2 is 1.43 bits per heavy atom. The van der Waals surface area contributed by atoms with Crippen molar-refractivity contribution in [3.8, 4) is 0 Å². The predicted octanol–water partition coefficient (Wildman–Crippen LogP) is 3.62. The summed E-state index contributed by atoms with van der Waals surface area (Å²) in [4.78, 5) is 24.6. The molecule has 0 atom stereocenters. The molecule has 0 spiro atoms. The van der Waals surface area contributed by atoms with Crippen molar-refractivity contribution in [2.45, 2.75) is 11.8 Å². The predicted molar refractivity (Wildman–Crippen MR) is 108 cm³/mol. The Morgan fingerprint density at radius 1 is 0.786 bits per heavy atom. The van der Waals surface area contributed by atoms with Crippen LogP contribution in [0.25, 0.3) is 0 Å². The Morgan fingerprint density at radius 3 is 2.11 bits per heavy atom. The van der Waals surface area contributed by atoms with Crippen LogP contribution in [0.4, 0.5) is 11.4 Å². The zero-order valence-corrected chi connectivity index (χ0v) is 15.9. The van der Waals surface area contributed by atoms with Gasteiger partial charge in [0, 0.05) is 11.3 Å². The molecular formula is C21H18N2O4S. The van der Waals surface area contributed by atoms with Crippen LogP contribution >= 0.6 is 0 Å². The topological polar surface area (TPSA) is 92.3 Å². The number of hydrogen-bond donors (Lipinski definition) is 2. The second kappa shape index (κ2) is 8.06. The number of sulfonamides is 1. The Bertz CT molecular complexity index is 1110. The minimum absolute atomic E-state index is 0.124. The zero-order valence-electron chi connectivity index (χ0n) is 15.0. The molecule has 0 aliphatic carbocycles. The minimum atomic E-state index is -3.75. The minimum Gasteiger partial charge on any atom is -0.319 e. The fraction of sp³-hybridized carbons (Fsp3) is 0.0476. The van der Waals surface area contributed by atoms with Crippen molar-refractivity contribution in [1.29, 1.82) is 0 Å². The Labute approximate surface area is 163 Å². The zero-order chi connectivity index (χ0) is 20.1. The molecular weight excluding hydrogens is 376 g/mol. The first-order chi connectivity index (χ1) is 13.3. The van der Waals surface area contributed by atoms with E-state index in [0.717, 1.165) is 5.56 Å². The summed E-state index contributed by atoms with van der Waals surface area (Å²) in [5.41, 5.74) is 1.84. The highest BCUT2D eigenvalue weighted by Crippen LogP contribution is 2.19. The Kier molecular flexibility index (Phi) is 5.56. The molecule has 2 N–H and O–H groups in total. The van der Waals surface area contributed by atoms with Gasteiger partial charge in [-0.2, -0.15) is 0 Å². The van der Waals surface area contributed by atoms with Crippen molar-refractivity contribution in [2.75, 3.05) is 10.0 Å². The maximum absolute atomic E-state index is 12.4. The number of carbonyl (C=O) groups excluding carboxylic acids is 2. The molecule has 0 fully saturated rings. The maximum atomic E-state index is 12.4. The second-order valence-electron chi connectivity index (χ2n) is 6.15. The van der Waals surface area contributed by atoms with Crippen molar-refractivity contribution >= 4 is 33.1 Å². The van der Waals surface area contributed by atoms with Crippen LogP contribution in [0.3, 0.4) is 0 Å². The fourth-order valence-electron chi connectivity index (χ4n) is 2.50. The Hall–Kier alpha value is -3.45. The number of anilines is 2. The summed E-state index contributed by atoms with van der Waals surface area (Å²) in [6.07, 6.45) is 0. The van der Waals surface area contributed by atoms with E-state index in [1.54, 1.807) is 60.7 Å². The molecule has 0 saturated heterocycles. The van der Waals surface area contributed by atoms with E-state index < -0.39 is 21.7 Å². The summed E-state index contributed by atoms with van der Waals surface area (Å²) in [5.74, 6) is -1.47. The van der Waals surface area contributed by atoms with Gasteiger partial charge < -0.3 is 5.32 Å². The van der Waals surface area contributed by atoms with Gasteiger partial charge in [-0.15, -0.1) is 0 Å². The van der Waals surface area contributed by atoms with Crippen LogP contribution in [0, 0.1) is 6.92 Å². The van der Waals surface area contributed by atoms with Gasteiger partial charge in [0.25, 0.3) is 21.7 Å². The molecule has 0 aliphatic rings. The van der Waals surface area contributed by atoms with Crippen LogP contribution in [-0.2, 0) is 14.8 Å². The van der Waals surface area contributed by atoms with Crippen LogP contribution in [0.1, 0.15) is 15.9 Å². The van der Waals surface area contributed by atoms with Crippen LogP contribution in [0.15, 0.2) is 83.8 Å². The number of Topliss-reactive ketones (excluding diaryl/α,β-unsaturated/α-hetero) is 1. The smallest absolute Gasteiger partial charge is 0.296 e. The van der Waals surface area contributed by atoms with Gasteiger partial charge in [-0.3, -0.25) is 14.3 Å². The normalized spacial score (nSPS) is 10.9. The highest BCUT2D eigenvalue weighted by atomic mass is 32.2. The van der Waals surface area contributed by atoms with Crippen molar-refractivity contribution in [2.24, 2.45) is 0 Å². The van der Waals surface area contributed by atoms with E-state index in [-0.39, 0.29) is 16.1 Å². The number of nitrogens with one attached hydrogen (secondary N) is 2. The average molecular weight is 394 g/mol. The van der Waals surface area contributed by atoms with Crippen molar-refractivity contribution in [3.05, 3.63) is 90.0 Å². The number of amides is 1. The summed E-state index contributed by atoms with van der Waals surface area (Å²) in [7, 11) is -3.75. The first kappa shape index (κ1) is 19.3. The lowest BCUT2D eigenvalue weighted by molar-refractivity contribution is -0.112. The monoisotopic (exact) mass is 394 g/mol. The number of rotatable bonds is 6. The molecule has 0 saturated carbocycles. The van der Waals surface area contributed by atoms with Gasteiger partial charge in [0.1, 0.15) is 0 Å². The third kappa shape index (κ3) is 4.63. The molecule has 3 aromatic rings. The number of hydrogen-bond acceptors (Lipinski definition) is 4. The summed E-state index contributed by atoms with van der Waals surface area (Å²) < 4.78 is 27.3. The summed E-state index contributed by atoms with van der Waals surface area (Å²) in [6, 6.07) is 20.8. The number of carbonyl (C=O) groups is 2. The molecule has 0 radical (unpaired) electrons. The average Bonchev–Trinajstić information content (AvgIpc) is 2.68. The van der Waals surface area contributed by atoms with Crippen molar-refractivity contribution in [3.63, 3.8) is 0 Å². The molecule has 0 bridgehead atoms. The first-order valence-corrected chi connectivity index (χ1v) is 9.94. The molecule has 6 nitrogen and oxygen atoms in total. The van der Waals surface area contributed by atoms with Gasteiger partial charge in [-0.25, -0.2) is 8.42 Å². The lowest BCUT2D eigenvalue weighted by Gasteiger charge is -2.10. The number of aryl methyl sites for hydroxylation is 1. The van der Waals surface area contributed by atoms with E-state index in [4.69, 9.17) is 0 Å². The van der Waals surface area contributed by atoms with Gasteiger partial charge in [0.15, 0.2) is 0 Å². The van der Waals surface area contributed by atoms with E-state index in [9.17, 15) is 18.0 Å². The third-order valence-corrected chi connectivity index (χ3v) is 5.34. The first-order valence-electron chi connectivity index (χ1n) is 8.45. The Balaban J connectivity index is 1.73. The quantitative estimate of drug-likeness (QED) is 0.493. The largest absolute Gasteiger partial charge is 0.319 e. The van der Waals surface area contributed by atoms with E-state index in [1.807, 2.05) is 6.92 Å². The van der Waals surface area contributed by atoms with Crippen molar-refractivity contribution in [1.82, 2.24) is 0 Å². The van der Waals surface area contributed by atoms with E-state index in [0.29, 0.717) is 5.69 Å². The molecule has 3 aromatic carbocycles.